The number of esters is 1. The number of benzene rings is 3. The number of ether oxygens (including phenoxy) is 1. The Labute approximate surface area is 185 Å². The van der Waals surface area contributed by atoms with E-state index >= 15 is 0 Å². The van der Waals surface area contributed by atoms with Crippen LogP contribution in [0.2, 0.25) is 5.02 Å². The predicted octanol–water partition coefficient (Wildman–Crippen LogP) is 4.94. The second-order valence-electron chi connectivity index (χ2n) is 7.05. The molecule has 160 valence electrons. The molecule has 3 aromatic rings. The third-order valence-electron chi connectivity index (χ3n) is 4.58. The summed E-state index contributed by atoms with van der Waals surface area (Å²) in [7, 11) is 0. The third-order valence-corrected chi connectivity index (χ3v) is 4.98. The van der Waals surface area contributed by atoms with Gasteiger partial charge in [-0.05, 0) is 54.4 Å². The molecule has 31 heavy (non-hydrogen) atoms. The maximum atomic E-state index is 12.7. The second-order valence-corrected chi connectivity index (χ2v) is 7.46. The predicted molar refractivity (Wildman–Crippen MR) is 121 cm³/mol. The van der Waals surface area contributed by atoms with Gasteiger partial charge in [0.25, 0.3) is 0 Å². The number of carbonyl (C=O) groups is 2. The van der Waals surface area contributed by atoms with E-state index in [2.05, 4.69) is 10.6 Å². The Morgan fingerprint density at radius 1 is 0.968 bits per heavy atom. The molecule has 0 fully saturated rings. The van der Waals surface area contributed by atoms with Crippen LogP contribution in [0.15, 0.2) is 72.8 Å². The molecule has 3 N–H and O–H groups in total. The van der Waals surface area contributed by atoms with Gasteiger partial charge >= 0.3 is 5.97 Å². The van der Waals surface area contributed by atoms with Gasteiger partial charge in [0.2, 0.25) is 5.91 Å². The van der Waals surface area contributed by atoms with Gasteiger partial charge in [0.15, 0.2) is 12.3 Å². The summed E-state index contributed by atoms with van der Waals surface area (Å²) in [5.74, 6) is -0.809. The lowest BCUT2D eigenvalue weighted by molar-refractivity contribution is -0.114. The highest BCUT2D eigenvalue weighted by molar-refractivity contribution is 6.31. The number of nitrogens with one attached hydrogen (secondary N) is 2. The first kappa shape index (κ1) is 22.3. The van der Waals surface area contributed by atoms with Crippen LogP contribution in [0.25, 0.3) is 0 Å². The number of anilines is 2. The zero-order valence-corrected chi connectivity index (χ0v) is 17.9. The van der Waals surface area contributed by atoms with Gasteiger partial charge in [-0.2, -0.15) is 0 Å². The largest absolute Gasteiger partial charge is 0.449 e. The van der Waals surface area contributed by atoms with Crippen molar-refractivity contribution >= 4 is 34.9 Å². The van der Waals surface area contributed by atoms with E-state index in [1.165, 1.54) is 6.92 Å². The maximum Gasteiger partial charge on any atom is 0.338 e. The molecule has 3 rings (SSSR count). The van der Waals surface area contributed by atoms with Crippen LogP contribution in [0.4, 0.5) is 11.4 Å². The van der Waals surface area contributed by atoms with Crippen molar-refractivity contribution < 1.29 is 19.4 Å². The summed E-state index contributed by atoms with van der Waals surface area (Å²) in [6, 6.07) is 20.6. The third kappa shape index (κ3) is 6.07. The molecular weight excluding hydrogens is 416 g/mol. The molecule has 0 saturated carbocycles. The first-order chi connectivity index (χ1) is 14.8. The summed E-state index contributed by atoms with van der Waals surface area (Å²) in [5.41, 5.74) is 3.00. The minimum Gasteiger partial charge on any atom is -0.449 e. The highest BCUT2D eigenvalue weighted by Gasteiger charge is 2.26. The van der Waals surface area contributed by atoms with Crippen LogP contribution in [-0.4, -0.2) is 23.2 Å². The van der Waals surface area contributed by atoms with Crippen molar-refractivity contribution in [1.82, 2.24) is 0 Å². The molecule has 0 heterocycles. The molecule has 0 bridgehead atoms. The van der Waals surface area contributed by atoms with Crippen LogP contribution in [-0.2, 0) is 9.53 Å². The monoisotopic (exact) mass is 438 g/mol. The van der Waals surface area contributed by atoms with Gasteiger partial charge in [-0.25, -0.2) is 4.79 Å². The highest BCUT2D eigenvalue weighted by Crippen LogP contribution is 2.26. The van der Waals surface area contributed by atoms with Crippen LogP contribution < -0.4 is 10.6 Å². The van der Waals surface area contributed by atoms with Gasteiger partial charge in [0.05, 0.1) is 5.56 Å². The average molecular weight is 439 g/mol. The molecule has 0 aliphatic rings. The van der Waals surface area contributed by atoms with Crippen LogP contribution in [0.5, 0.6) is 0 Å². The normalized spacial score (nSPS) is 12.5. The standard InChI is InChI=1S/C24H23ClN2O4/c1-15-8-11-20(14-21(15)25)27-23(29)22(17-6-4-3-5-7-17)31-24(30)18-9-12-19(13-10-18)26-16(2)28/h3-14,22-23,27,29H,1-2H3,(H,26,28). The Hall–Kier alpha value is -3.35. The summed E-state index contributed by atoms with van der Waals surface area (Å²) in [5, 5.41) is 17.0. The molecule has 2 atom stereocenters. The summed E-state index contributed by atoms with van der Waals surface area (Å²) in [6.45, 7) is 3.29. The van der Waals surface area contributed by atoms with Crippen LogP contribution >= 0.6 is 11.6 Å². The smallest absolute Gasteiger partial charge is 0.338 e. The van der Waals surface area contributed by atoms with E-state index in [0.29, 0.717) is 27.5 Å². The van der Waals surface area contributed by atoms with Gasteiger partial charge in [-0.1, -0.05) is 48.0 Å². The van der Waals surface area contributed by atoms with E-state index in [1.807, 2.05) is 19.1 Å². The zero-order valence-electron chi connectivity index (χ0n) is 17.1. The summed E-state index contributed by atoms with van der Waals surface area (Å²) < 4.78 is 5.66. The molecule has 0 radical (unpaired) electrons. The van der Waals surface area contributed by atoms with E-state index in [1.54, 1.807) is 60.7 Å². The fourth-order valence-electron chi connectivity index (χ4n) is 2.96. The van der Waals surface area contributed by atoms with Gasteiger partial charge in [0.1, 0.15) is 0 Å². The molecule has 6 nitrogen and oxygen atoms in total. The topological polar surface area (TPSA) is 87.7 Å². The lowest BCUT2D eigenvalue weighted by atomic mass is 10.1. The zero-order chi connectivity index (χ0) is 22.4. The van der Waals surface area contributed by atoms with Crippen LogP contribution in [0.1, 0.15) is 34.5 Å². The van der Waals surface area contributed by atoms with E-state index in [-0.39, 0.29) is 5.91 Å². The van der Waals surface area contributed by atoms with Crippen molar-refractivity contribution in [3.63, 3.8) is 0 Å². The quantitative estimate of drug-likeness (QED) is 0.359. The minimum atomic E-state index is -1.22. The maximum absolute atomic E-state index is 12.7. The number of aliphatic hydroxyl groups is 1. The van der Waals surface area contributed by atoms with Gasteiger partial charge < -0.3 is 20.5 Å². The lowest BCUT2D eigenvalue weighted by Crippen LogP contribution is -2.30. The van der Waals surface area contributed by atoms with Crippen LogP contribution in [0.3, 0.4) is 0 Å². The molecule has 3 aromatic carbocycles. The number of amides is 1. The Morgan fingerprint density at radius 3 is 2.23 bits per heavy atom. The van der Waals surface area contributed by atoms with Crippen molar-refractivity contribution in [1.29, 1.82) is 0 Å². The molecule has 1 amide bonds. The second kappa shape index (κ2) is 10.1. The molecule has 2 unspecified atom stereocenters. The number of hydrogen-bond acceptors (Lipinski definition) is 5. The molecule has 0 spiro atoms. The van der Waals surface area contributed by atoms with Gasteiger partial charge in [-0.15, -0.1) is 0 Å². The van der Waals surface area contributed by atoms with Crippen molar-refractivity contribution in [2.75, 3.05) is 10.6 Å². The minimum absolute atomic E-state index is 0.204. The fraction of sp³-hybridized carbons (Fsp3) is 0.167. The number of rotatable bonds is 7. The summed E-state index contributed by atoms with van der Waals surface area (Å²) in [4.78, 5) is 23.9. The van der Waals surface area contributed by atoms with Crippen molar-refractivity contribution in [2.24, 2.45) is 0 Å². The van der Waals surface area contributed by atoms with Gasteiger partial charge in [-0.3, -0.25) is 4.79 Å². The SMILES string of the molecule is CC(=O)Nc1ccc(C(=O)OC(c2ccccc2)C(O)Nc2ccc(C)c(Cl)c2)cc1. The van der Waals surface area contributed by atoms with Crippen molar-refractivity contribution in [3.8, 4) is 0 Å². The molecule has 0 aromatic heterocycles. The fourth-order valence-corrected chi connectivity index (χ4v) is 3.14. The van der Waals surface area contributed by atoms with E-state index < -0.39 is 18.3 Å². The number of halogens is 1. The molecule has 0 saturated heterocycles. The number of carbonyl (C=O) groups excluding carboxylic acids is 2. The molecule has 0 aliphatic carbocycles. The van der Waals surface area contributed by atoms with E-state index in [9.17, 15) is 14.7 Å². The number of hydrogen-bond donors (Lipinski definition) is 3. The van der Waals surface area contributed by atoms with E-state index in [4.69, 9.17) is 16.3 Å². The Morgan fingerprint density at radius 2 is 1.61 bits per heavy atom. The molecular formula is C24H23ClN2O4. The highest BCUT2D eigenvalue weighted by atomic mass is 35.5. The van der Waals surface area contributed by atoms with Crippen LogP contribution in [0, 0.1) is 6.92 Å². The first-order valence-corrected chi connectivity index (χ1v) is 10.1. The van der Waals surface area contributed by atoms with Gasteiger partial charge in [0, 0.05) is 23.3 Å². The Balaban J connectivity index is 1.79. The summed E-state index contributed by atoms with van der Waals surface area (Å²) >= 11 is 6.17. The number of aliphatic hydroxyl groups excluding tert-OH is 1. The van der Waals surface area contributed by atoms with Crippen molar-refractivity contribution in [2.45, 2.75) is 26.2 Å². The Kier molecular flexibility index (Phi) is 7.28. The number of aryl methyl sites for hydroxylation is 1. The molecule has 0 aliphatic heterocycles. The molecule has 7 heteroatoms. The Bertz CT molecular complexity index is 1050. The lowest BCUT2D eigenvalue weighted by Gasteiger charge is -2.25. The summed E-state index contributed by atoms with van der Waals surface area (Å²) in [6.07, 6.45) is -2.19. The first-order valence-electron chi connectivity index (χ1n) is 9.68. The average Bonchev–Trinajstić information content (AvgIpc) is 2.75. The van der Waals surface area contributed by atoms with E-state index in [0.717, 1.165) is 5.56 Å². The van der Waals surface area contributed by atoms with Crippen molar-refractivity contribution in [3.05, 3.63) is 94.5 Å².